The van der Waals surface area contributed by atoms with Gasteiger partial charge in [0.05, 0.1) is 0 Å². The van der Waals surface area contributed by atoms with Gasteiger partial charge in [0.15, 0.2) is 0 Å². The minimum atomic E-state index is -0.145. The number of carbonyl (C=O) groups excluding carboxylic acids is 1. The van der Waals surface area contributed by atoms with Crippen molar-refractivity contribution < 1.29 is 4.79 Å². The second-order valence-electron chi connectivity index (χ2n) is 5.07. The van der Waals surface area contributed by atoms with E-state index in [9.17, 15) is 9.59 Å². The van der Waals surface area contributed by atoms with Crippen molar-refractivity contribution >= 4 is 5.91 Å². The zero-order valence-electron chi connectivity index (χ0n) is 11.6. The number of amides is 1. The van der Waals surface area contributed by atoms with E-state index in [1.807, 2.05) is 11.9 Å². The lowest BCUT2D eigenvalue weighted by atomic mass is 10.0. The van der Waals surface area contributed by atoms with E-state index >= 15 is 0 Å². The summed E-state index contributed by atoms with van der Waals surface area (Å²) in [6.07, 6.45) is 4.87. The first-order valence-corrected chi connectivity index (χ1v) is 6.75. The predicted octanol–water partition coefficient (Wildman–Crippen LogP) is 0.599. The Morgan fingerprint density at radius 3 is 2.95 bits per heavy atom. The molecule has 1 fully saturated rings. The largest absolute Gasteiger partial charge is 0.334 e. The van der Waals surface area contributed by atoms with Crippen molar-refractivity contribution in [1.82, 2.24) is 14.8 Å². The molecule has 19 heavy (non-hydrogen) atoms. The summed E-state index contributed by atoms with van der Waals surface area (Å²) in [7, 11) is 3.58. The Hall–Kier alpha value is -1.62. The molecular weight excluding hydrogens is 242 g/mol. The van der Waals surface area contributed by atoms with Crippen molar-refractivity contribution in [2.75, 3.05) is 20.1 Å². The number of likely N-dealkylation sites (tertiary alicyclic amines) is 1. The number of piperidine rings is 1. The number of aryl methyl sites for hydroxylation is 1. The first-order valence-electron chi connectivity index (χ1n) is 6.75. The standard InChI is InChI=1S/C14H21N3O2/c1-15-10-12-5-3-4-7-17(12)14(19)11-6-8-16(2)13(18)9-11/h6,8-9,12,15H,3-5,7,10H2,1-2H3. The molecule has 1 amide bonds. The number of carbonyl (C=O) groups is 1. The molecule has 1 aromatic heterocycles. The maximum absolute atomic E-state index is 12.5. The Bertz CT molecular complexity index is 508. The number of nitrogens with zero attached hydrogens (tertiary/aromatic N) is 2. The summed E-state index contributed by atoms with van der Waals surface area (Å²) >= 11 is 0. The maximum Gasteiger partial charge on any atom is 0.254 e. The molecule has 0 radical (unpaired) electrons. The van der Waals surface area contributed by atoms with E-state index in [-0.39, 0.29) is 17.5 Å². The molecule has 1 unspecified atom stereocenters. The van der Waals surface area contributed by atoms with Crippen molar-refractivity contribution in [3.63, 3.8) is 0 Å². The third-order valence-corrected chi connectivity index (χ3v) is 3.68. The van der Waals surface area contributed by atoms with Crippen LogP contribution in [0.4, 0.5) is 0 Å². The van der Waals surface area contributed by atoms with Crippen LogP contribution in [0.15, 0.2) is 23.1 Å². The lowest BCUT2D eigenvalue weighted by molar-refractivity contribution is 0.0614. The minimum Gasteiger partial charge on any atom is -0.334 e. The summed E-state index contributed by atoms with van der Waals surface area (Å²) in [4.78, 5) is 26.0. The summed E-state index contributed by atoms with van der Waals surface area (Å²) in [5.74, 6) is -0.0300. The zero-order chi connectivity index (χ0) is 13.8. The van der Waals surface area contributed by atoms with Gasteiger partial charge in [0.1, 0.15) is 0 Å². The van der Waals surface area contributed by atoms with E-state index in [0.29, 0.717) is 5.56 Å². The predicted molar refractivity (Wildman–Crippen MR) is 74.3 cm³/mol. The lowest BCUT2D eigenvalue weighted by Gasteiger charge is -2.35. The fourth-order valence-corrected chi connectivity index (χ4v) is 2.56. The fourth-order valence-electron chi connectivity index (χ4n) is 2.56. The van der Waals surface area contributed by atoms with Crippen LogP contribution in [0.2, 0.25) is 0 Å². The highest BCUT2D eigenvalue weighted by molar-refractivity contribution is 5.94. The van der Waals surface area contributed by atoms with Gasteiger partial charge in [0.25, 0.3) is 11.5 Å². The van der Waals surface area contributed by atoms with E-state index in [1.54, 1.807) is 19.3 Å². The molecule has 0 aromatic carbocycles. The topological polar surface area (TPSA) is 54.3 Å². The van der Waals surface area contributed by atoms with Crippen molar-refractivity contribution in [3.8, 4) is 0 Å². The number of rotatable bonds is 3. The van der Waals surface area contributed by atoms with Crippen LogP contribution >= 0.6 is 0 Å². The minimum absolute atomic E-state index is 0.0300. The maximum atomic E-state index is 12.5. The Labute approximate surface area is 113 Å². The van der Waals surface area contributed by atoms with Crippen LogP contribution in [-0.2, 0) is 7.05 Å². The molecule has 104 valence electrons. The van der Waals surface area contributed by atoms with Crippen molar-refractivity contribution in [2.24, 2.45) is 7.05 Å². The number of hydrogen-bond acceptors (Lipinski definition) is 3. The molecule has 1 atom stereocenters. The molecule has 0 aliphatic carbocycles. The average Bonchev–Trinajstić information content (AvgIpc) is 2.42. The number of hydrogen-bond donors (Lipinski definition) is 1. The fraction of sp³-hybridized carbons (Fsp3) is 0.571. The SMILES string of the molecule is CNCC1CCCCN1C(=O)c1ccn(C)c(=O)c1. The highest BCUT2D eigenvalue weighted by Crippen LogP contribution is 2.18. The number of pyridine rings is 1. The van der Waals surface area contributed by atoms with Crippen LogP contribution < -0.4 is 10.9 Å². The molecule has 0 spiro atoms. The first kappa shape index (κ1) is 13.8. The van der Waals surface area contributed by atoms with Gasteiger partial charge in [-0.2, -0.15) is 0 Å². The monoisotopic (exact) mass is 263 g/mol. The molecule has 1 aliphatic rings. The molecule has 2 heterocycles. The zero-order valence-corrected chi connectivity index (χ0v) is 11.6. The molecule has 1 N–H and O–H groups in total. The highest BCUT2D eigenvalue weighted by atomic mass is 16.2. The third-order valence-electron chi connectivity index (χ3n) is 3.68. The van der Waals surface area contributed by atoms with Gasteiger partial charge < -0.3 is 14.8 Å². The van der Waals surface area contributed by atoms with Crippen molar-refractivity contribution in [3.05, 3.63) is 34.2 Å². The average molecular weight is 263 g/mol. The van der Waals surface area contributed by atoms with Crippen LogP contribution in [0, 0.1) is 0 Å². The first-order chi connectivity index (χ1) is 9.13. The van der Waals surface area contributed by atoms with Gasteiger partial charge in [-0.15, -0.1) is 0 Å². The van der Waals surface area contributed by atoms with Gasteiger partial charge in [-0.25, -0.2) is 0 Å². The summed E-state index contributed by atoms with van der Waals surface area (Å²) in [6.45, 7) is 1.58. The summed E-state index contributed by atoms with van der Waals surface area (Å²) < 4.78 is 1.47. The van der Waals surface area contributed by atoms with E-state index in [1.165, 1.54) is 10.6 Å². The molecule has 5 nitrogen and oxygen atoms in total. The van der Waals surface area contributed by atoms with Crippen LogP contribution in [0.1, 0.15) is 29.6 Å². The van der Waals surface area contributed by atoms with Crippen LogP contribution in [-0.4, -0.2) is 41.6 Å². The normalized spacial score (nSPS) is 19.5. The summed E-state index contributed by atoms with van der Waals surface area (Å²) in [5, 5.41) is 3.13. The van der Waals surface area contributed by atoms with E-state index in [0.717, 1.165) is 32.4 Å². The molecule has 5 heteroatoms. The Kier molecular flexibility index (Phi) is 4.37. The van der Waals surface area contributed by atoms with Gasteiger partial charge in [-0.05, 0) is 32.4 Å². The van der Waals surface area contributed by atoms with Crippen LogP contribution in [0.5, 0.6) is 0 Å². The third kappa shape index (κ3) is 3.04. The Morgan fingerprint density at radius 2 is 2.26 bits per heavy atom. The number of aromatic nitrogens is 1. The van der Waals surface area contributed by atoms with Crippen molar-refractivity contribution in [1.29, 1.82) is 0 Å². The van der Waals surface area contributed by atoms with E-state index in [4.69, 9.17) is 0 Å². The number of nitrogens with one attached hydrogen (secondary N) is 1. The Morgan fingerprint density at radius 1 is 1.47 bits per heavy atom. The molecule has 1 saturated heterocycles. The summed E-state index contributed by atoms with van der Waals surface area (Å²) in [6, 6.07) is 3.37. The second kappa shape index (κ2) is 6.02. The van der Waals surface area contributed by atoms with Gasteiger partial charge in [0, 0.05) is 44.0 Å². The second-order valence-corrected chi connectivity index (χ2v) is 5.07. The molecule has 1 aliphatic heterocycles. The number of likely N-dealkylation sites (N-methyl/N-ethyl adjacent to an activating group) is 1. The Balaban J connectivity index is 2.20. The summed E-state index contributed by atoms with van der Waals surface area (Å²) in [5.41, 5.74) is 0.346. The van der Waals surface area contributed by atoms with Crippen molar-refractivity contribution in [2.45, 2.75) is 25.3 Å². The van der Waals surface area contributed by atoms with Gasteiger partial charge in [-0.1, -0.05) is 0 Å². The van der Waals surface area contributed by atoms with Crippen LogP contribution in [0.25, 0.3) is 0 Å². The molecule has 0 saturated carbocycles. The lowest BCUT2D eigenvalue weighted by Crippen LogP contribution is -2.48. The van der Waals surface area contributed by atoms with E-state index in [2.05, 4.69) is 5.32 Å². The van der Waals surface area contributed by atoms with Gasteiger partial charge >= 0.3 is 0 Å². The molecule has 2 rings (SSSR count). The smallest absolute Gasteiger partial charge is 0.254 e. The molecule has 1 aromatic rings. The quantitative estimate of drug-likeness (QED) is 0.869. The highest BCUT2D eigenvalue weighted by Gasteiger charge is 2.27. The molecule has 0 bridgehead atoms. The van der Waals surface area contributed by atoms with Gasteiger partial charge in [0.2, 0.25) is 0 Å². The van der Waals surface area contributed by atoms with Crippen LogP contribution in [0.3, 0.4) is 0 Å². The van der Waals surface area contributed by atoms with E-state index < -0.39 is 0 Å². The van der Waals surface area contributed by atoms with Gasteiger partial charge in [-0.3, -0.25) is 9.59 Å². The molecular formula is C14H21N3O2.